The molecule has 1 atom stereocenters. The largest absolute Gasteiger partial charge is 0.323 e. The molecule has 0 saturated heterocycles. The van der Waals surface area contributed by atoms with Crippen molar-refractivity contribution >= 4 is 11.6 Å². The van der Waals surface area contributed by atoms with Crippen LogP contribution in [0.1, 0.15) is 17.0 Å². The highest BCUT2D eigenvalue weighted by molar-refractivity contribution is 5.97. The fraction of sp³-hybridized carbons (Fsp3) is 0.167. The molecule has 0 bridgehead atoms. The molecule has 1 aromatic heterocycles. The third-order valence-electron chi connectivity index (χ3n) is 2.94. The molecule has 3 rings (SSSR count). The SMILES string of the molecule is O=C(Nc1cn[nH]c1)C1Cc2ccccc21. The van der Waals surface area contributed by atoms with Crippen LogP contribution >= 0.6 is 0 Å². The minimum Gasteiger partial charge on any atom is -0.323 e. The standard InChI is InChI=1S/C12H11N3O/c16-12(15-9-6-13-14-7-9)11-5-8-3-1-2-4-10(8)11/h1-4,6-7,11H,5H2,(H,13,14)(H,15,16). The van der Waals surface area contributed by atoms with Gasteiger partial charge in [0.05, 0.1) is 17.8 Å². The average Bonchev–Trinajstić information content (AvgIpc) is 2.72. The topological polar surface area (TPSA) is 57.8 Å². The summed E-state index contributed by atoms with van der Waals surface area (Å²) in [6.07, 6.45) is 4.10. The first-order chi connectivity index (χ1) is 7.84. The fourth-order valence-electron chi connectivity index (χ4n) is 2.04. The molecule has 80 valence electrons. The van der Waals surface area contributed by atoms with Crippen molar-refractivity contribution in [1.29, 1.82) is 0 Å². The van der Waals surface area contributed by atoms with Crippen molar-refractivity contribution in [3.63, 3.8) is 0 Å². The molecule has 1 heterocycles. The number of hydrogen-bond acceptors (Lipinski definition) is 2. The van der Waals surface area contributed by atoms with Crippen molar-refractivity contribution in [2.24, 2.45) is 0 Å². The Morgan fingerprint density at radius 2 is 2.31 bits per heavy atom. The summed E-state index contributed by atoms with van der Waals surface area (Å²) in [6.45, 7) is 0. The van der Waals surface area contributed by atoms with E-state index >= 15 is 0 Å². The van der Waals surface area contributed by atoms with Crippen LogP contribution in [0, 0.1) is 0 Å². The number of rotatable bonds is 2. The number of nitrogens with zero attached hydrogens (tertiary/aromatic N) is 1. The van der Waals surface area contributed by atoms with Crippen LogP contribution in [0.25, 0.3) is 0 Å². The van der Waals surface area contributed by atoms with E-state index in [9.17, 15) is 4.79 Å². The normalized spacial score (nSPS) is 17.4. The molecule has 1 amide bonds. The molecule has 4 heteroatoms. The van der Waals surface area contributed by atoms with E-state index in [2.05, 4.69) is 21.6 Å². The summed E-state index contributed by atoms with van der Waals surface area (Å²) >= 11 is 0. The predicted molar refractivity (Wildman–Crippen MR) is 60.1 cm³/mol. The fourth-order valence-corrected chi connectivity index (χ4v) is 2.04. The van der Waals surface area contributed by atoms with Gasteiger partial charge in [-0.15, -0.1) is 0 Å². The van der Waals surface area contributed by atoms with Crippen LogP contribution in [0.2, 0.25) is 0 Å². The minimum absolute atomic E-state index is 0.00824. The highest BCUT2D eigenvalue weighted by Crippen LogP contribution is 2.35. The van der Waals surface area contributed by atoms with Gasteiger partial charge in [0, 0.05) is 6.20 Å². The van der Waals surface area contributed by atoms with Gasteiger partial charge in [-0.25, -0.2) is 0 Å². The molecule has 1 aliphatic rings. The summed E-state index contributed by atoms with van der Waals surface area (Å²) in [5.74, 6) is 0.0335. The van der Waals surface area contributed by atoms with E-state index in [1.54, 1.807) is 12.4 Å². The van der Waals surface area contributed by atoms with Gasteiger partial charge in [0.2, 0.25) is 5.91 Å². The quantitative estimate of drug-likeness (QED) is 0.797. The summed E-state index contributed by atoms with van der Waals surface area (Å²) < 4.78 is 0. The molecule has 0 saturated carbocycles. The second-order valence-corrected chi connectivity index (χ2v) is 3.93. The molecule has 2 N–H and O–H groups in total. The van der Waals surface area contributed by atoms with Gasteiger partial charge >= 0.3 is 0 Å². The first-order valence-corrected chi connectivity index (χ1v) is 5.22. The first kappa shape index (κ1) is 9.15. The van der Waals surface area contributed by atoms with Gasteiger partial charge in [0.25, 0.3) is 0 Å². The van der Waals surface area contributed by atoms with Crippen molar-refractivity contribution in [1.82, 2.24) is 10.2 Å². The van der Waals surface area contributed by atoms with Gasteiger partial charge in [-0.05, 0) is 17.5 Å². The number of H-pyrrole nitrogens is 1. The molecular weight excluding hydrogens is 202 g/mol. The highest BCUT2D eigenvalue weighted by atomic mass is 16.1. The zero-order valence-corrected chi connectivity index (χ0v) is 8.60. The van der Waals surface area contributed by atoms with Crippen molar-refractivity contribution in [2.45, 2.75) is 12.3 Å². The van der Waals surface area contributed by atoms with E-state index in [0.717, 1.165) is 17.7 Å². The highest BCUT2D eigenvalue weighted by Gasteiger charge is 2.31. The van der Waals surface area contributed by atoms with E-state index in [1.165, 1.54) is 5.56 Å². The predicted octanol–water partition coefficient (Wildman–Crippen LogP) is 1.69. The maximum Gasteiger partial charge on any atom is 0.232 e. The van der Waals surface area contributed by atoms with Crippen LogP contribution in [-0.4, -0.2) is 16.1 Å². The molecule has 1 aliphatic carbocycles. The lowest BCUT2D eigenvalue weighted by molar-refractivity contribution is -0.118. The second kappa shape index (κ2) is 3.48. The maximum absolute atomic E-state index is 11.9. The number of hydrogen-bond donors (Lipinski definition) is 2. The molecule has 4 nitrogen and oxygen atoms in total. The van der Waals surface area contributed by atoms with E-state index in [0.29, 0.717) is 0 Å². The van der Waals surface area contributed by atoms with Crippen LogP contribution in [-0.2, 0) is 11.2 Å². The summed E-state index contributed by atoms with van der Waals surface area (Å²) in [5, 5.41) is 9.28. The van der Waals surface area contributed by atoms with Crippen molar-refractivity contribution in [2.75, 3.05) is 5.32 Å². The Morgan fingerprint density at radius 3 is 3.06 bits per heavy atom. The van der Waals surface area contributed by atoms with Gasteiger partial charge < -0.3 is 5.32 Å². The molecule has 0 radical (unpaired) electrons. The second-order valence-electron chi connectivity index (χ2n) is 3.93. The van der Waals surface area contributed by atoms with Gasteiger partial charge in [-0.1, -0.05) is 24.3 Å². The molecule has 0 spiro atoms. The molecule has 0 aliphatic heterocycles. The molecule has 1 unspecified atom stereocenters. The Hall–Kier alpha value is -2.10. The van der Waals surface area contributed by atoms with Gasteiger partial charge in [0.15, 0.2) is 0 Å². The number of aromatic amines is 1. The Bertz CT molecular complexity index is 519. The smallest absolute Gasteiger partial charge is 0.232 e. The molecular formula is C12H11N3O. The summed E-state index contributed by atoms with van der Waals surface area (Å²) in [4.78, 5) is 11.9. The summed E-state index contributed by atoms with van der Waals surface area (Å²) in [6, 6.07) is 8.05. The molecule has 1 aromatic carbocycles. The van der Waals surface area contributed by atoms with Crippen molar-refractivity contribution in [3.05, 3.63) is 47.8 Å². The third-order valence-corrected chi connectivity index (χ3v) is 2.94. The van der Waals surface area contributed by atoms with Crippen LogP contribution in [0.3, 0.4) is 0 Å². The number of amides is 1. The number of nitrogens with one attached hydrogen (secondary N) is 2. The Kier molecular flexibility index (Phi) is 1.99. The molecule has 16 heavy (non-hydrogen) atoms. The van der Waals surface area contributed by atoms with Crippen molar-refractivity contribution < 1.29 is 4.79 Å². The summed E-state index contributed by atoms with van der Waals surface area (Å²) in [7, 11) is 0. The van der Waals surface area contributed by atoms with Crippen LogP contribution < -0.4 is 5.32 Å². The Labute approximate surface area is 92.7 Å². The van der Waals surface area contributed by atoms with E-state index in [4.69, 9.17) is 0 Å². The van der Waals surface area contributed by atoms with E-state index < -0.39 is 0 Å². The van der Waals surface area contributed by atoms with E-state index in [1.807, 2.05) is 18.2 Å². The number of carbonyl (C=O) groups is 1. The van der Waals surface area contributed by atoms with Crippen LogP contribution in [0.4, 0.5) is 5.69 Å². The lowest BCUT2D eigenvalue weighted by Crippen LogP contribution is -2.29. The monoisotopic (exact) mass is 213 g/mol. The molecule has 0 fully saturated rings. The van der Waals surface area contributed by atoms with Crippen LogP contribution in [0.15, 0.2) is 36.7 Å². The van der Waals surface area contributed by atoms with Gasteiger partial charge in [-0.2, -0.15) is 5.10 Å². The number of fused-ring (bicyclic) bond motifs is 1. The third kappa shape index (κ3) is 1.39. The number of aromatic nitrogens is 2. The lowest BCUT2D eigenvalue weighted by atomic mass is 9.77. The molecule has 2 aromatic rings. The summed E-state index contributed by atoms with van der Waals surface area (Å²) in [5.41, 5.74) is 3.13. The lowest BCUT2D eigenvalue weighted by Gasteiger charge is -2.28. The minimum atomic E-state index is -0.00824. The zero-order chi connectivity index (χ0) is 11.0. The van der Waals surface area contributed by atoms with Crippen molar-refractivity contribution in [3.8, 4) is 0 Å². The van der Waals surface area contributed by atoms with Gasteiger partial charge in [-0.3, -0.25) is 9.89 Å². The number of anilines is 1. The Balaban J connectivity index is 1.75. The maximum atomic E-state index is 11.9. The Morgan fingerprint density at radius 1 is 1.44 bits per heavy atom. The first-order valence-electron chi connectivity index (χ1n) is 5.22. The average molecular weight is 213 g/mol. The van der Waals surface area contributed by atoms with E-state index in [-0.39, 0.29) is 11.8 Å². The van der Waals surface area contributed by atoms with Gasteiger partial charge in [0.1, 0.15) is 0 Å². The number of benzene rings is 1. The zero-order valence-electron chi connectivity index (χ0n) is 8.60. The number of carbonyl (C=O) groups excluding carboxylic acids is 1. The van der Waals surface area contributed by atoms with Crippen LogP contribution in [0.5, 0.6) is 0 Å².